The minimum Gasteiger partial charge on any atom is -0.328 e. The van der Waals surface area contributed by atoms with Crippen LogP contribution in [-0.2, 0) is 13.5 Å². The maximum absolute atomic E-state index is 14.2. The molecule has 78 valence electrons. The number of alkyl halides is 1. The smallest absolute Gasteiger partial charge is 0.130 e. The summed E-state index contributed by atoms with van der Waals surface area (Å²) in [5.41, 5.74) is 5.23. The molecule has 1 aliphatic carbocycles. The Morgan fingerprint density at radius 2 is 2.43 bits per heavy atom. The van der Waals surface area contributed by atoms with Crippen molar-refractivity contribution in [2.45, 2.75) is 24.9 Å². The Hall–Kier alpha value is -0.900. The van der Waals surface area contributed by atoms with Crippen LogP contribution in [0.1, 0.15) is 18.4 Å². The second-order valence-corrected chi connectivity index (χ2v) is 4.21. The number of hydrogen-bond donors (Lipinski definition) is 1. The SMILES string of the molecule is Cn1cc(CC(F)(CN)C2CC2)cn1. The van der Waals surface area contributed by atoms with Crippen LogP contribution in [0.4, 0.5) is 4.39 Å². The topological polar surface area (TPSA) is 43.8 Å². The highest BCUT2D eigenvalue weighted by molar-refractivity contribution is 5.11. The summed E-state index contributed by atoms with van der Waals surface area (Å²) in [6, 6.07) is 0. The van der Waals surface area contributed by atoms with E-state index in [9.17, 15) is 4.39 Å². The van der Waals surface area contributed by atoms with Gasteiger partial charge in [-0.3, -0.25) is 4.68 Å². The first-order valence-corrected chi connectivity index (χ1v) is 5.00. The monoisotopic (exact) mass is 197 g/mol. The Morgan fingerprint density at radius 1 is 1.71 bits per heavy atom. The first kappa shape index (κ1) is 9.65. The van der Waals surface area contributed by atoms with Crippen LogP contribution in [0.25, 0.3) is 0 Å². The zero-order valence-corrected chi connectivity index (χ0v) is 8.41. The third kappa shape index (κ3) is 1.80. The highest BCUT2D eigenvalue weighted by Gasteiger charge is 2.44. The molecule has 4 heteroatoms. The van der Waals surface area contributed by atoms with Gasteiger partial charge in [-0.25, -0.2) is 4.39 Å². The largest absolute Gasteiger partial charge is 0.328 e. The fourth-order valence-corrected chi connectivity index (χ4v) is 1.89. The van der Waals surface area contributed by atoms with E-state index >= 15 is 0 Å². The Labute approximate surface area is 83.1 Å². The zero-order chi connectivity index (χ0) is 10.2. The summed E-state index contributed by atoms with van der Waals surface area (Å²) in [4.78, 5) is 0. The van der Waals surface area contributed by atoms with Crippen molar-refractivity contribution >= 4 is 0 Å². The van der Waals surface area contributed by atoms with Crippen LogP contribution in [0.3, 0.4) is 0 Å². The summed E-state index contributed by atoms with van der Waals surface area (Å²) in [6.45, 7) is 0.118. The van der Waals surface area contributed by atoms with Crippen LogP contribution in [0.15, 0.2) is 12.4 Å². The number of aryl methyl sites for hydroxylation is 1. The van der Waals surface area contributed by atoms with E-state index < -0.39 is 5.67 Å². The molecule has 1 atom stereocenters. The maximum atomic E-state index is 14.2. The molecule has 1 aliphatic rings. The molecule has 2 rings (SSSR count). The molecule has 1 fully saturated rings. The Balaban J connectivity index is 2.07. The molecule has 0 bridgehead atoms. The normalized spacial score (nSPS) is 20.8. The lowest BCUT2D eigenvalue weighted by Crippen LogP contribution is -2.37. The summed E-state index contributed by atoms with van der Waals surface area (Å²) in [5.74, 6) is 0.174. The highest BCUT2D eigenvalue weighted by atomic mass is 19.1. The van der Waals surface area contributed by atoms with Crippen molar-refractivity contribution in [3.8, 4) is 0 Å². The number of nitrogens with zero attached hydrogens (tertiary/aromatic N) is 2. The molecule has 2 N–H and O–H groups in total. The fraction of sp³-hybridized carbons (Fsp3) is 0.700. The maximum Gasteiger partial charge on any atom is 0.130 e. The molecule has 1 aromatic heterocycles. The quantitative estimate of drug-likeness (QED) is 0.783. The van der Waals surface area contributed by atoms with Crippen LogP contribution >= 0.6 is 0 Å². The van der Waals surface area contributed by atoms with Gasteiger partial charge in [-0.1, -0.05) is 0 Å². The molecule has 0 spiro atoms. The van der Waals surface area contributed by atoms with Crippen LogP contribution in [0.2, 0.25) is 0 Å². The van der Waals surface area contributed by atoms with Gasteiger partial charge in [-0.05, 0) is 24.3 Å². The van der Waals surface area contributed by atoms with Gasteiger partial charge in [-0.2, -0.15) is 5.10 Å². The summed E-state index contributed by atoms with van der Waals surface area (Å²) in [7, 11) is 1.84. The van der Waals surface area contributed by atoms with Crippen LogP contribution < -0.4 is 5.73 Å². The lowest BCUT2D eigenvalue weighted by atomic mass is 9.93. The van der Waals surface area contributed by atoms with E-state index in [-0.39, 0.29) is 12.5 Å². The van der Waals surface area contributed by atoms with Crippen molar-refractivity contribution in [2.24, 2.45) is 18.7 Å². The summed E-state index contributed by atoms with van der Waals surface area (Å²) in [6.07, 6.45) is 5.93. The van der Waals surface area contributed by atoms with E-state index in [1.165, 1.54) is 0 Å². The van der Waals surface area contributed by atoms with E-state index in [0.717, 1.165) is 18.4 Å². The molecule has 0 saturated heterocycles. The fourth-order valence-electron chi connectivity index (χ4n) is 1.89. The average Bonchev–Trinajstić information content (AvgIpc) is 2.93. The number of halogens is 1. The van der Waals surface area contributed by atoms with E-state index in [1.807, 2.05) is 13.2 Å². The first-order valence-electron chi connectivity index (χ1n) is 5.00. The van der Waals surface area contributed by atoms with Crippen LogP contribution in [0, 0.1) is 5.92 Å². The molecule has 1 heterocycles. The van der Waals surface area contributed by atoms with Crippen molar-refractivity contribution in [1.29, 1.82) is 0 Å². The van der Waals surface area contributed by atoms with E-state index in [2.05, 4.69) is 5.10 Å². The lowest BCUT2D eigenvalue weighted by molar-refractivity contribution is 0.142. The number of aromatic nitrogens is 2. The number of hydrogen-bond acceptors (Lipinski definition) is 2. The molecular weight excluding hydrogens is 181 g/mol. The Kier molecular flexibility index (Phi) is 2.31. The standard InChI is InChI=1S/C10H16FN3/c1-14-6-8(5-13-14)4-10(11,7-12)9-2-3-9/h5-6,9H,2-4,7,12H2,1H3. The molecule has 1 unspecified atom stereocenters. The number of rotatable bonds is 4. The summed E-state index contributed by atoms with van der Waals surface area (Å²) in [5, 5.41) is 4.02. The van der Waals surface area contributed by atoms with Crippen molar-refractivity contribution in [3.05, 3.63) is 18.0 Å². The van der Waals surface area contributed by atoms with Gasteiger partial charge < -0.3 is 5.73 Å². The summed E-state index contributed by atoms with van der Waals surface area (Å²) < 4.78 is 15.9. The van der Waals surface area contributed by atoms with Gasteiger partial charge in [-0.15, -0.1) is 0 Å². The third-order valence-electron chi connectivity index (χ3n) is 2.90. The molecule has 0 amide bonds. The molecule has 1 aromatic rings. The van der Waals surface area contributed by atoms with E-state index in [1.54, 1.807) is 10.9 Å². The van der Waals surface area contributed by atoms with Crippen molar-refractivity contribution in [1.82, 2.24) is 9.78 Å². The second-order valence-electron chi connectivity index (χ2n) is 4.21. The Bertz CT molecular complexity index is 319. The van der Waals surface area contributed by atoms with Crippen LogP contribution in [0.5, 0.6) is 0 Å². The van der Waals surface area contributed by atoms with Crippen molar-refractivity contribution in [2.75, 3.05) is 6.54 Å². The van der Waals surface area contributed by atoms with Crippen LogP contribution in [-0.4, -0.2) is 22.0 Å². The van der Waals surface area contributed by atoms with Gasteiger partial charge in [0.2, 0.25) is 0 Å². The molecule has 3 nitrogen and oxygen atoms in total. The predicted octanol–water partition coefficient (Wildman–Crippen LogP) is 1.04. The molecule has 0 radical (unpaired) electrons. The van der Waals surface area contributed by atoms with Gasteiger partial charge in [0.15, 0.2) is 0 Å². The van der Waals surface area contributed by atoms with Gasteiger partial charge in [0, 0.05) is 26.2 Å². The second kappa shape index (κ2) is 3.35. The molecule has 0 aliphatic heterocycles. The molecule has 1 saturated carbocycles. The van der Waals surface area contributed by atoms with Gasteiger partial charge in [0.25, 0.3) is 0 Å². The molecule has 14 heavy (non-hydrogen) atoms. The van der Waals surface area contributed by atoms with Gasteiger partial charge in [0.05, 0.1) is 6.20 Å². The van der Waals surface area contributed by atoms with Gasteiger partial charge >= 0.3 is 0 Å². The lowest BCUT2D eigenvalue weighted by Gasteiger charge is -2.22. The molecular formula is C10H16FN3. The highest BCUT2D eigenvalue weighted by Crippen LogP contribution is 2.43. The number of nitrogens with two attached hydrogens (primary N) is 1. The predicted molar refractivity (Wildman–Crippen MR) is 52.5 cm³/mol. The summed E-state index contributed by atoms with van der Waals surface area (Å²) >= 11 is 0. The molecule has 0 aromatic carbocycles. The minimum absolute atomic E-state index is 0.118. The Morgan fingerprint density at radius 3 is 2.86 bits per heavy atom. The third-order valence-corrected chi connectivity index (χ3v) is 2.90. The van der Waals surface area contributed by atoms with E-state index in [0.29, 0.717) is 6.42 Å². The van der Waals surface area contributed by atoms with Crippen molar-refractivity contribution < 1.29 is 4.39 Å². The first-order chi connectivity index (χ1) is 6.64. The minimum atomic E-state index is -1.21. The van der Waals surface area contributed by atoms with Crippen molar-refractivity contribution in [3.63, 3.8) is 0 Å². The zero-order valence-electron chi connectivity index (χ0n) is 8.41. The van der Waals surface area contributed by atoms with E-state index in [4.69, 9.17) is 5.73 Å². The van der Waals surface area contributed by atoms with Gasteiger partial charge in [0.1, 0.15) is 5.67 Å². The average molecular weight is 197 g/mol.